The Hall–Kier alpha value is -3.86. The Morgan fingerprint density at radius 1 is 1.03 bits per heavy atom. The number of nitrogen functional groups attached to an aromatic ring is 2. The van der Waals surface area contributed by atoms with Crippen LogP contribution >= 0.6 is 0 Å². The van der Waals surface area contributed by atoms with E-state index in [1.807, 2.05) is 0 Å². The summed E-state index contributed by atoms with van der Waals surface area (Å²) in [6.07, 6.45) is 1.95. The Bertz CT molecular complexity index is 1410. The molecule has 0 atom stereocenters. The van der Waals surface area contributed by atoms with Gasteiger partial charge in [-0.25, -0.2) is 32.7 Å². The maximum atomic E-state index is 15.1. The molecule has 5 N–H and O–H groups in total. The monoisotopic (exact) mass is 453 g/mol. The van der Waals surface area contributed by atoms with Gasteiger partial charge >= 0.3 is 0 Å². The van der Waals surface area contributed by atoms with Crippen molar-refractivity contribution in [2.75, 3.05) is 21.9 Å². The van der Waals surface area contributed by atoms with Crippen molar-refractivity contribution in [2.24, 2.45) is 0 Å². The van der Waals surface area contributed by atoms with Gasteiger partial charge in [0.05, 0.1) is 22.7 Å². The molecule has 0 amide bonds. The average molecular weight is 454 g/mol. The van der Waals surface area contributed by atoms with Crippen LogP contribution in [0.5, 0.6) is 0 Å². The molecule has 0 aliphatic heterocycles. The van der Waals surface area contributed by atoms with E-state index in [4.69, 9.17) is 11.5 Å². The zero-order chi connectivity index (χ0) is 22.9. The van der Waals surface area contributed by atoms with Crippen molar-refractivity contribution in [1.82, 2.24) is 19.9 Å². The topological polar surface area (TPSA) is 150 Å². The summed E-state index contributed by atoms with van der Waals surface area (Å²) >= 11 is 0. The van der Waals surface area contributed by atoms with Crippen molar-refractivity contribution in [2.45, 2.75) is 13.3 Å². The molecule has 0 saturated carbocycles. The standard InChI is InChI=1S/C21H20FN7O2S/c1-2-10-32(30,31)29-15-5-3-4-13(18(15)22)14-7-8-16-19(26-14)20(24)28-21(27-16)12-6-9-17(23)25-11-12/h3-9,11,29H,2,10H2,1H3,(H2,23,25)(H2,24,27,28). The third-order valence-electron chi connectivity index (χ3n) is 4.63. The number of sulfonamides is 1. The predicted molar refractivity (Wildman–Crippen MR) is 122 cm³/mol. The minimum atomic E-state index is -3.64. The van der Waals surface area contributed by atoms with Gasteiger partial charge in [0, 0.05) is 17.3 Å². The number of aromatic nitrogens is 4. The number of hydrogen-bond donors (Lipinski definition) is 3. The molecular formula is C21H20FN7O2S. The van der Waals surface area contributed by atoms with Crippen molar-refractivity contribution in [3.05, 3.63) is 54.5 Å². The maximum absolute atomic E-state index is 15.1. The molecule has 0 saturated heterocycles. The molecule has 4 rings (SSSR count). The number of halogens is 1. The van der Waals surface area contributed by atoms with Crippen LogP contribution in [0.15, 0.2) is 48.7 Å². The maximum Gasteiger partial charge on any atom is 0.232 e. The van der Waals surface area contributed by atoms with Gasteiger partial charge in [-0.05, 0) is 42.8 Å². The lowest BCUT2D eigenvalue weighted by atomic mass is 10.1. The Morgan fingerprint density at radius 3 is 2.56 bits per heavy atom. The Labute approximate surface area is 183 Å². The number of nitrogens with two attached hydrogens (primary N) is 2. The highest BCUT2D eigenvalue weighted by molar-refractivity contribution is 7.92. The first-order chi connectivity index (χ1) is 15.3. The number of pyridine rings is 2. The predicted octanol–water partition coefficient (Wildman–Crippen LogP) is 3.21. The van der Waals surface area contributed by atoms with E-state index in [-0.39, 0.29) is 28.5 Å². The van der Waals surface area contributed by atoms with Crippen molar-refractivity contribution in [3.8, 4) is 22.6 Å². The summed E-state index contributed by atoms with van der Waals surface area (Å²) in [4.78, 5) is 17.2. The molecule has 0 bridgehead atoms. The summed E-state index contributed by atoms with van der Waals surface area (Å²) in [6.45, 7) is 1.73. The van der Waals surface area contributed by atoms with Gasteiger partial charge in [-0.3, -0.25) is 4.72 Å². The molecule has 0 spiro atoms. The molecule has 0 fully saturated rings. The van der Waals surface area contributed by atoms with E-state index in [9.17, 15) is 8.42 Å². The van der Waals surface area contributed by atoms with Crippen LogP contribution in [0.25, 0.3) is 33.7 Å². The molecule has 11 heteroatoms. The smallest absolute Gasteiger partial charge is 0.232 e. The number of nitrogens with zero attached hydrogens (tertiary/aromatic N) is 4. The Balaban J connectivity index is 1.75. The zero-order valence-corrected chi connectivity index (χ0v) is 17.9. The Kier molecular flexibility index (Phi) is 5.57. The van der Waals surface area contributed by atoms with Gasteiger partial charge in [0.15, 0.2) is 17.5 Å². The van der Waals surface area contributed by atoms with Crippen molar-refractivity contribution in [1.29, 1.82) is 0 Å². The third kappa shape index (κ3) is 4.28. The fourth-order valence-corrected chi connectivity index (χ4v) is 4.28. The first-order valence-electron chi connectivity index (χ1n) is 9.73. The van der Waals surface area contributed by atoms with Gasteiger partial charge in [-0.2, -0.15) is 0 Å². The van der Waals surface area contributed by atoms with Crippen molar-refractivity contribution < 1.29 is 12.8 Å². The van der Waals surface area contributed by atoms with Crippen LogP contribution in [0.1, 0.15) is 13.3 Å². The lowest BCUT2D eigenvalue weighted by Gasteiger charge is -2.12. The summed E-state index contributed by atoms with van der Waals surface area (Å²) in [5, 5.41) is 0. The second kappa shape index (κ2) is 8.35. The third-order valence-corrected chi connectivity index (χ3v) is 6.10. The van der Waals surface area contributed by atoms with Crippen LogP contribution in [0.2, 0.25) is 0 Å². The number of fused-ring (bicyclic) bond motifs is 1. The van der Waals surface area contributed by atoms with Crippen molar-refractivity contribution in [3.63, 3.8) is 0 Å². The van der Waals surface area contributed by atoms with E-state index in [0.29, 0.717) is 34.7 Å². The van der Waals surface area contributed by atoms with Gasteiger partial charge in [-0.1, -0.05) is 13.0 Å². The normalized spacial score (nSPS) is 11.6. The van der Waals surface area contributed by atoms with Crippen LogP contribution in [-0.4, -0.2) is 34.1 Å². The first kappa shape index (κ1) is 21.4. The number of anilines is 3. The lowest BCUT2D eigenvalue weighted by Crippen LogP contribution is -2.17. The number of benzene rings is 1. The number of rotatable bonds is 6. The van der Waals surface area contributed by atoms with Gasteiger partial charge in [0.25, 0.3) is 0 Å². The van der Waals surface area contributed by atoms with E-state index in [1.165, 1.54) is 18.3 Å². The van der Waals surface area contributed by atoms with Crippen LogP contribution in [0.3, 0.4) is 0 Å². The van der Waals surface area contributed by atoms with E-state index >= 15 is 4.39 Å². The molecular weight excluding hydrogens is 433 g/mol. The van der Waals surface area contributed by atoms with Gasteiger partial charge in [0.2, 0.25) is 10.0 Å². The van der Waals surface area contributed by atoms with Crippen LogP contribution in [0, 0.1) is 5.82 Å². The summed E-state index contributed by atoms with van der Waals surface area (Å²) in [5.74, 6) is 0.00236. The fourth-order valence-electron chi connectivity index (χ4n) is 3.15. The number of nitrogens with one attached hydrogen (secondary N) is 1. The van der Waals surface area contributed by atoms with Gasteiger partial charge < -0.3 is 11.5 Å². The lowest BCUT2D eigenvalue weighted by molar-refractivity contribution is 0.597. The summed E-state index contributed by atoms with van der Waals surface area (Å²) in [6, 6.07) is 11.0. The average Bonchev–Trinajstić information content (AvgIpc) is 2.75. The highest BCUT2D eigenvalue weighted by Crippen LogP contribution is 2.30. The molecule has 4 aromatic rings. The minimum absolute atomic E-state index is 0.107. The first-order valence-corrected chi connectivity index (χ1v) is 11.4. The summed E-state index contributed by atoms with van der Waals surface area (Å²) in [5.41, 5.74) is 13.4. The van der Waals surface area contributed by atoms with E-state index in [2.05, 4.69) is 24.7 Å². The highest BCUT2D eigenvalue weighted by Gasteiger charge is 2.17. The fraction of sp³-hybridized carbons (Fsp3) is 0.143. The Morgan fingerprint density at radius 2 is 1.84 bits per heavy atom. The second-order valence-corrected chi connectivity index (χ2v) is 8.90. The van der Waals surface area contributed by atoms with Gasteiger partial charge in [-0.15, -0.1) is 0 Å². The van der Waals surface area contributed by atoms with Gasteiger partial charge in [0.1, 0.15) is 11.3 Å². The molecule has 9 nitrogen and oxygen atoms in total. The minimum Gasteiger partial charge on any atom is -0.384 e. The molecule has 164 valence electrons. The summed E-state index contributed by atoms with van der Waals surface area (Å²) in [7, 11) is -3.64. The number of hydrogen-bond acceptors (Lipinski definition) is 8. The molecule has 3 aromatic heterocycles. The molecule has 3 heterocycles. The second-order valence-electron chi connectivity index (χ2n) is 7.06. The van der Waals surface area contributed by atoms with Crippen molar-refractivity contribution >= 4 is 38.4 Å². The van der Waals surface area contributed by atoms with Crippen LogP contribution in [-0.2, 0) is 10.0 Å². The van der Waals surface area contributed by atoms with E-state index in [1.54, 1.807) is 37.3 Å². The van der Waals surface area contributed by atoms with E-state index in [0.717, 1.165) is 0 Å². The largest absolute Gasteiger partial charge is 0.384 e. The SMILES string of the molecule is CCCS(=O)(=O)Nc1cccc(-c2ccc3nc(-c4ccc(N)nc4)nc(N)c3n2)c1F. The van der Waals surface area contributed by atoms with Crippen LogP contribution in [0.4, 0.5) is 21.7 Å². The van der Waals surface area contributed by atoms with Crippen LogP contribution < -0.4 is 16.2 Å². The molecule has 0 aliphatic carbocycles. The molecule has 32 heavy (non-hydrogen) atoms. The quantitative estimate of drug-likeness (QED) is 0.403. The zero-order valence-electron chi connectivity index (χ0n) is 17.1. The molecule has 1 aromatic carbocycles. The molecule has 0 radical (unpaired) electrons. The highest BCUT2D eigenvalue weighted by atomic mass is 32.2. The molecule has 0 aliphatic rings. The van der Waals surface area contributed by atoms with E-state index < -0.39 is 15.8 Å². The summed E-state index contributed by atoms with van der Waals surface area (Å²) < 4.78 is 41.5. The molecule has 0 unspecified atom stereocenters.